The number of para-hydroxylation sites is 1. The minimum atomic E-state index is 0.0425. The van der Waals surface area contributed by atoms with Crippen molar-refractivity contribution in [1.82, 2.24) is 4.48 Å². The van der Waals surface area contributed by atoms with Crippen LogP contribution in [-0.2, 0) is 4.79 Å². The molecule has 0 spiro atoms. The van der Waals surface area contributed by atoms with E-state index >= 15 is 0 Å². The standard InChI is InChI=1S/C11H9NO/c13-10-12(8-4-5-9-12)11-6-2-1-3-7-11/h1-7H,8H2/q+1. The van der Waals surface area contributed by atoms with Crippen LogP contribution in [-0.4, -0.2) is 13.0 Å². The highest BCUT2D eigenvalue weighted by atomic mass is 16.1. The second-order valence-electron chi connectivity index (χ2n) is 2.95. The second-order valence-corrected chi connectivity index (χ2v) is 2.95. The molecule has 1 aromatic rings. The van der Waals surface area contributed by atoms with Crippen molar-refractivity contribution < 1.29 is 4.79 Å². The molecule has 1 aromatic carbocycles. The smallest absolute Gasteiger partial charge is 0.214 e. The number of rotatable bonds is 2. The van der Waals surface area contributed by atoms with Crippen molar-refractivity contribution >= 4 is 12.1 Å². The Labute approximate surface area is 77.7 Å². The Kier molecular flexibility index (Phi) is 1.99. The van der Waals surface area contributed by atoms with Crippen molar-refractivity contribution in [2.24, 2.45) is 0 Å². The van der Waals surface area contributed by atoms with Gasteiger partial charge in [-0.15, -0.1) is 0 Å². The summed E-state index contributed by atoms with van der Waals surface area (Å²) < 4.78 is 0.0425. The molecule has 0 saturated heterocycles. The zero-order valence-corrected chi connectivity index (χ0v) is 7.10. The van der Waals surface area contributed by atoms with E-state index in [4.69, 9.17) is 0 Å². The van der Waals surface area contributed by atoms with Crippen LogP contribution in [0.15, 0.2) is 42.5 Å². The molecule has 1 amide bonds. The summed E-state index contributed by atoms with van der Waals surface area (Å²) in [4.78, 5) is 10.9. The summed E-state index contributed by atoms with van der Waals surface area (Å²) in [6.07, 6.45) is 5.70. The van der Waals surface area contributed by atoms with Gasteiger partial charge < -0.3 is 0 Å². The van der Waals surface area contributed by atoms with Gasteiger partial charge in [0.25, 0.3) is 6.54 Å². The molecule has 1 unspecified atom stereocenters. The molecular weight excluding hydrogens is 162 g/mol. The molecule has 1 aliphatic heterocycles. The summed E-state index contributed by atoms with van der Waals surface area (Å²) in [5, 5.41) is 0. The highest BCUT2D eigenvalue weighted by Crippen LogP contribution is 2.26. The van der Waals surface area contributed by atoms with Crippen LogP contribution in [0.5, 0.6) is 0 Å². The minimum absolute atomic E-state index is 0.0425. The van der Waals surface area contributed by atoms with Crippen LogP contribution in [0.25, 0.3) is 0 Å². The Balaban J connectivity index is 2.38. The Hall–Kier alpha value is -1.41. The van der Waals surface area contributed by atoms with E-state index in [1.807, 2.05) is 42.8 Å². The molecule has 2 nitrogen and oxygen atoms in total. The number of benzene rings is 1. The van der Waals surface area contributed by atoms with Crippen molar-refractivity contribution in [3.05, 3.63) is 49.0 Å². The lowest BCUT2D eigenvalue weighted by molar-refractivity contribution is 0.469. The third-order valence-electron chi connectivity index (χ3n) is 2.14. The molecule has 1 atom stereocenters. The summed E-state index contributed by atoms with van der Waals surface area (Å²) in [5.74, 6) is 0. The molecule has 63 valence electrons. The van der Waals surface area contributed by atoms with E-state index in [1.54, 1.807) is 6.08 Å². The lowest BCUT2D eigenvalue weighted by Gasteiger charge is -2.21. The lowest BCUT2D eigenvalue weighted by Crippen LogP contribution is -2.42. The number of amides is 1. The van der Waals surface area contributed by atoms with Crippen molar-refractivity contribution in [2.45, 2.75) is 0 Å². The number of hydrogen-bond acceptors (Lipinski definition) is 1. The fourth-order valence-electron chi connectivity index (χ4n) is 1.42. The first kappa shape index (κ1) is 8.20. The van der Waals surface area contributed by atoms with E-state index in [2.05, 4.69) is 6.54 Å². The Bertz CT molecular complexity index is 321. The normalized spacial score (nSPS) is 18.8. The highest BCUT2D eigenvalue weighted by molar-refractivity contribution is 5.73. The summed E-state index contributed by atoms with van der Waals surface area (Å²) in [7, 11) is 0. The van der Waals surface area contributed by atoms with Gasteiger partial charge in [-0.3, -0.25) is 0 Å². The fourth-order valence-corrected chi connectivity index (χ4v) is 1.42. The lowest BCUT2D eigenvalue weighted by atomic mass is 10.2. The third kappa shape index (κ3) is 1.29. The molecule has 0 N–H and O–H groups in total. The molecule has 0 fully saturated rings. The van der Waals surface area contributed by atoms with Gasteiger partial charge in [-0.05, 0) is 24.3 Å². The molecule has 0 saturated carbocycles. The minimum Gasteiger partial charge on any atom is -0.214 e. The molecule has 3 radical (unpaired) electrons. The fraction of sp³-hybridized carbons (Fsp3) is 0.0909. The van der Waals surface area contributed by atoms with Gasteiger partial charge in [-0.2, -0.15) is 4.48 Å². The molecule has 0 aromatic heterocycles. The maximum absolute atomic E-state index is 10.9. The zero-order valence-electron chi connectivity index (χ0n) is 7.10. The van der Waals surface area contributed by atoms with E-state index in [-0.39, 0.29) is 4.48 Å². The molecular formula is C11H9NO+. The number of nitrogens with zero attached hydrogens (tertiary/aromatic N) is 1. The average molecular weight is 171 g/mol. The number of carbonyl (C=O) groups excluding carboxylic acids is 1. The molecule has 1 heterocycles. The van der Waals surface area contributed by atoms with Crippen molar-refractivity contribution in [3.8, 4) is 0 Å². The van der Waals surface area contributed by atoms with Gasteiger partial charge in [0.15, 0.2) is 0 Å². The van der Waals surface area contributed by atoms with E-state index in [1.165, 1.54) is 0 Å². The number of hydrogen-bond donors (Lipinski definition) is 0. The SMILES string of the molecule is O=[C][N+]1(c2ccccc2)[C]C=CC1. The van der Waals surface area contributed by atoms with Gasteiger partial charge in [0.2, 0.25) is 0 Å². The first-order valence-corrected chi connectivity index (χ1v) is 4.13. The average Bonchev–Trinajstić information content (AvgIpc) is 2.69. The monoisotopic (exact) mass is 171 g/mol. The Morgan fingerprint density at radius 3 is 2.62 bits per heavy atom. The first-order valence-electron chi connectivity index (χ1n) is 4.13. The van der Waals surface area contributed by atoms with Gasteiger partial charge in [-0.1, -0.05) is 18.2 Å². The second kappa shape index (κ2) is 3.15. The van der Waals surface area contributed by atoms with Gasteiger partial charge in [0, 0.05) is 0 Å². The predicted molar refractivity (Wildman–Crippen MR) is 51.2 cm³/mol. The first-order chi connectivity index (χ1) is 6.37. The quantitative estimate of drug-likeness (QED) is 0.618. The van der Waals surface area contributed by atoms with Gasteiger partial charge in [0.05, 0.1) is 0 Å². The number of quaternary nitrogens is 1. The van der Waals surface area contributed by atoms with E-state index in [9.17, 15) is 4.79 Å². The van der Waals surface area contributed by atoms with Crippen molar-refractivity contribution in [2.75, 3.05) is 6.54 Å². The van der Waals surface area contributed by atoms with Crippen LogP contribution >= 0.6 is 0 Å². The molecule has 2 heteroatoms. The summed E-state index contributed by atoms with van der Waals surface area (Å²) >= 11 is 0. The van der Waals surface area contributed by atoms with E-state index in [0.29, 0.717) is 6.54 Å². The molecule has 2 rings (SSSR count). The largest absolute Gasteiger partial charge is 0.449 e. The van der Waals surface area contributed by atoms with Crippen molar-refractivity contribution in [1.29, 1.82) is 0 Å². The molecule has 0 aliphatic carbocycles. The Morgan fingerprint density at radius 2 is 2.08 bits per heavy atom. The van der Waals surface area contributed by atoms with Crippen molar-refractivity contribution in [3.63, 3.8) is 0 Å². The summed E-state index contributed by atoms with van der Waals surface area (Å²) in [6, 6.07) is 9.56. The zero-order chi connectivity index (χ0) is 9.15. The van der Waals surface area contributed by atoms with Crippen LogP contribution < -0.4 is 4.48 Å². The molecule has 13 heavy (non-hydrogen) atoms. The van der Waals surface area contributed by atoms with Gasteiger partial charge >= 0.3 is 6.41 Å². The maximum atomic E-state index is 10.9. The predicted octanol–water partition coefficient (Wildman–Crippen LogP) is 1.67. The third-order valence-corrected chi connectivity index (χ3v) is 2.14. The topological polar surface area (TPSA) is 17.1 Å². The van der Waals surface area contributed by atoms with Crippen LogP contribution in [0.4, 0.5) is 5.69 Å². The summed E-state index contributed by atoms with van der Waals surface area (Å²) in [5.41, 5.74) is 0.905. The molecule has 0 bridgehead atoms. The van der Waals surface area contributed by atoms with Crippen LogP contribution in [0.1, 0.15) is 0 Å². The van der Waals surface area contributed by atoms with Crippen LogP contribution in [0.3, 0.4) is 0 Å². The van der Waals surface area contributed by atoms with Gasteiger partial charge in [0.1, 0.15) is 12.2 Å². The van der Waals surface area contributed by atoms with E-state index < -0.39 is 0 Å². The van der Waals surface area contributed by atoms with Gasteiger partial charge in [-0.25, -0.2) is 4.79 Å². The van der Waals surface area contributed by atoms with Crippen LogP contribution in [0, 0.1) is 6.54 Å². The van der Waals surface area contributed by atoms with Crippen LogP contribution in [0.2, 0.25) is 0 Å². The highest BCUT2D eigenvalue weighted by Gasteiger charge is 2.35. The van der Waals surface area contributed by atoms with E-state index in [0.717, 1.165) is 5.69 Å². The summed E-state index contributed by atoms with van der Waals surface area (Å²) in [6.45, 7) is 3.59. The molecule has 1 aliphatic rings. The maximum Gasteiger partial charge on any atom is 0.449 e. The Morgan fingerprint density at radius 1 is 1.31 bits per heavy atom.